The molecule has 0 aliphatic carbocycles. The third kappa shape index (κ3) is 5.94. The Balaban J connectivity index is 0.000000332. The van der Waals surface area contributed by atoms with Crippen LogP contribution in [-0.2, 0) is 24.4 Å². The Hall–Kier alpha value is -4.62. The van der Waals surface area contributed by atoms with E-state index in [2.05, 4.69) is 30.5 Å². The summed E-state index contributed by atoms with van der Waals surface area (Å²) in [6.07, 6.45) is 2.90. The molecule has 3 N–H and O–H groups in total. The summed E-state index contributed by atoms with van der Waals surface area (Å²) in [4.78, 5) is 41.8. The molecule has 14 heteroatoms. The second-order valence-corrected chi connectivity index (χ2v) is 9.47. The molecule has 0 unspecified atom stereocenters. The van der Waals surface area contributed by atoms with Gasteiger partial charge in [0, 0.05) is 22.5 Å². The number of benzene rings is 2. The number of amides is 3. The molecule has 0 radical (unpaired) electrons. The van der Waals surface area contributed by atoms with Gasteiger partial charge in [-0.3, -0.25) is 14.4 Å². The number of hydrogen-bond acceptors (Lipinski definition) is 8. The number of aromatic nitrogens is 4. The molecule has 5 aromatic rings. The van der Waals surface area contributed by atoms with E-state index in [0.717, 1.165) is 10.1 Å². The first-order valence-electron chi connectivity index (χ1n) is 11.5. The topological polar surface area (TPSA) is 144 Å². The lowest BCUT2D eigenvalue weighted by Crippen LogP contribution is -2.37. The Bertz CT molecular complexity index is 1630. The number of hydrogen-bond donors (Lipinski definition) is 3. The maximum atomic E-state index is 12.9. The first-order chi connectivity index (χ1) is 18.9. The molecule has 0 saturated heterocycles. The Morgan fingerprint density at radius 1 is 1.15 bits per heavy atom. The van der Waals surface area contributed by atoms with E-state index in [-0.39, 0.29) is 48.7 Å². The minimum Gasteiger partial charge on any atom is -0.364 e. The number of imidazole rings is 1. The van der Waals surface area contributed by atoms with Gasteiger partial charge >= 0.3 is 0 Å². The van der Waals surface area contributed by atoms with Gasteiger partial charge in [-0.25, -0.2) is 9.37 Å². The SMILES string of the molecule is Fc1ccc(Cl)cc1.O=C1Cn2c(C(=O)NCc3cnoc3)nc(NC(=O)c3nsc4ccccc34)c2CN1. The van der Waals surface area contributed by atoms with Gasteiger partial charge in [0.05, 0.1) is 23.1 Å². The van der Waals surface area contributed by atoms with Gasteiger partial charge in [-0.05, 0) is 41.9 Å². The molecule has 0 bridgehead atoms. The molecule has 6 rings (SSSR count). The van der Waals surface area contributed by atoms with Crippen molar-refractivity contribution in [3.8, 4) is 0 Å². The van der Waals surface area contributed by atoms with E-state index in [4.69, 9.17) is 16.1 Å². The molecule has 0 fully saturated rings. The van der Waals surface area contributed by atoms with Crippen LogP contribution in [0.2, 0.25) is 5.02 Å². The van der Waals surface area contributed by atoms with Crippen LogP contribution in [0.25, 0.3) is 10.1 Å². The molecule has 1 aliphatic rings. The van der Waals surface area contributed by atoms with Crippen molar-refractivity contribution in [1.29, 1.82) is 0 Å². The highest BCUT2D eigenvalue weighted by Gasteiger charge is 2.28. The zero-order valence-electron chi connectivity index (χ0n) is 20.0. The predicted octanol–water partition coefficient (Wildman–Crippen LogP) is 3.77. The van der Waals surface area contributed by atoms with Gasteiger partial charge in [-0.1, -0.05) is 35.0 Å². The van der Waals surface area contributed by atoms with Gasteiger partial charge < -0.3 is 25.0 Å². The lowest BCUT2D eigenvalue weighted by molar-refractivity contribution is -0.122. The minimum atomic E-state index is -0.489. The molecule has 11 nitrogen and oxygen atoms in total. The van der Waals surface area contributed by atoms with Crippen LogP contribution in [0.1, 0.15) is 32.4 Å². The molecule has 0 saturated carbocycles. The van der Waals surface area contributed by atoms with Crippen molar-refractivity contribution >= 4 is 56.8 Å². The van der Waals surface area contributed by atoms with Crippen molar-refractivity contribution in [3.05, 3.63) is 94.6 Å². The second-order valence-electron chi connectivity index (χ2n) is 8.23. The molecule has 198 valence electrons. The summed E-state index contributed by atoms with van der Waals surface area (Å²) in [6.45, 7) is 0.245. The van der Waals surface area contributed by atoms with Crippen LogP contribution in [-0.4, -0.2) is 36.8 Å². The Labute approximate surface area is 229 Å². The van der Waals surface area contributed by atoms with Crippen molar-refractivity contribution in [2.24, 2.45) is 0 Å². The monoisotopic (exact) mass is 567 g/mol. The fraction of sp³-hybridized carbons (Fsp3) is 0.120. The van der Waals surface area contributed by atoms with Gasteiger partial charge in [0.2, 0.25) is 11.7 Å². The average Bonchev–Trinajstić information content (AvgIpc) is 3.68. The van der Waals surface area contributed by atoms with Crippen molar-refractivity contribution in [3.63, 3.8) is 0 Å². The van der Waals surface area contributed by atoms with Crippen molar-refractivity contribution in [2.75, 3.05) is 5.32 Å². The molecule has 3 aromatic heterocycles. The Kier molecular flexibility index (Phi) is 7.61. The van der Waals surface area contributed by atoms with Crippen LogP contribution in [0.4, 0.5) is 10.2 Å². The van der Waals surface area contributed by atoms with Crippen LogP contribution < -0.4 is 16.0 Å². The fourth-order valence-corrected chi connectivity index (χ4v) is 4.61. The zero-order valence-corrected chi connectivity index (χ0v) is 21.6. The first kappa shape index (κ1) is 26.0. The number of halogens is 2. The van der Waals surface area contributed by atoms with E-state index in [1.54, 1.807) is 0 Å². The highest BCUT2D eigenvalue weighted by atomic mass is 35.5. The smallest absolute Gasteiger partial charge is 0.287 e. The summed E-state index contributed by atoms with van der Waals surface area (Å²) in [5, 5.41) is 13.0. The molecule has 3 amide bonds. The quantitative estimate of drug-likeness (QED) is 0.293. The first-order valence-corrected chi connectivity index (χ1v) is 12.6. The van der Waals surface area contributed by atoms with Crippen LogP contribution in [0.3, 0.4) is 0 Å². The van der Waals surface area contributed by atoms with Crippen molar-refractivity contribution in [2.45, 2.75) is 19.6 Å². The number of nitrogens with zero attached hydrogens (tertiary/aromatic N) is 4. The zero-order chi connectivity index (χ0) is 27.4. The third-order valence-corrected chi connectivity index (χ3v) is 6.67. The van der Waals surface area contributed by atoms with E-state index in [1.807, 2.05) is 24.3 Å². The molecular formula is C25H19ClFN7O4S. The predicted molar refractivity (Wildman–Crippen MR) is 141 cm³/mol. The summed E-state index contributed by atoms with van der Waals surface area (Å²) < 4.78 is 23.4. The number of nitrogens with one attached hydrogen (secondary N) is 3. The van der Waals surface area contributed by atoms with Crippen LogP contribution in [0.5, 0.6) is 0 Å². The summed E-state index contributed by atoms with van der Waals surface area (Å²) in [6, 6.07) is 13.1. The lowest BCUT2D eigenvalue weighted by Gasteiger charge is -2.17. The molecule has 2 aromatic carbocycles. The summed E-state index contributed by atoms with van der Waals surface area (Å²) in [5.41, 5.74) is 1.49. The summed E-state index contributed by atoms with van der Waals surface area (Å²) in [5.74, 6) is -1.20. The fourth-order valence-electron chi connectivity index (χ4n) is 3.71. The van der Waals surface area contributed by atoms with E-state index in [0.29, 0.717) is 16.3 Å². The lowest BCUT2D eigenvalue weighted by atomic mass is 10.2. The van der Waals surface area contributed by atoms with Gasteiger partial charge in [0.1, 0.15) is 24.3 Å². The maximum absolute atomic E-state index is 12.9. The van der Waals surface area contributed by atoms with E-state index in [1.165, 1.54) is 52.8 Å². The number of rotatable bonds is 5. The third-order valence-electron chi connectivity index (χ3n) is 5.59. The van der Waals surface area contributed by atoms with Crippen LogP contribution >= 0.6 is 23.1 Å². The standard InChI is InChI=1S/C19H15N7O4S.C6H4ClF/c27-14-8-26-12(7-20-14)16(23-17(26)19(29)21-5-10-6-22-30-9-10)24-18(28)15-11-3-1-2-4-13(11)31-25-15;7-5-1-3-6(8)4-2-5/h1-4,6,9H,5,7-8H2,(H,20,27)(H,21,29)(H,24,28);1-4H. The van der Waals surface area contributed by atoms with E-state index in [9.17, 15) is 18.8 Å². The average molecular weight is 568 g/mol. The van der Waals surface area contributed by atoms with Gasteiger partial charge in [-0.15, -0.1) is 0 Å². The number of carbonyl (C=O) groups is 3. The Morgan fingerprint density at radius 2 is 1.95 bits per heavy atom. The highest BCUT2D eigenvalue weighted by molar-refractivity contribution is 7.13. The van der Waals surface area contributed by atoms with Crippen molar-refractivity contribution < 1.29 is 23.3 Å². The second kappa shape index (κ2) is 11.4. The summed E-state index contributed by atoms with van der Waals surface area (Å²) in [7, 11) is 0. The Morgan fingerprint density at radius 3 is 2.69 bits per heavy atom. The van der Waals surface area contributed by atoms with Crippen molar-refractivity contribution in [1.82, 2.24) is 29.7 Å². The van der Waals surface area contributed by atoms with Gasteiger partial charge in [0.15, 0.2) is 5.82 Å². The van der Waals surface area contributed by atoms with Gasteiger partial charge in [-0.2, -0.15) is 4.37 Å². The molecule has 0 spiro atoms. The van der Waals surface area contributed by atoms with Crippen LogP contribution in [0, 0.1) is 5.82 Å². The molecule has 4 heterocycles. The van der Waals surface area contributed by atoms with E-state index >= 15 is 0 Å². The number of fused-ring (bicyclic) bond motifs is 2. The molecule has 1 aliphatic heterocycles. The molecule has 0 atom stereocenters. The maximum Gasteiger partial charge on any atom is 0.287 e. The highest BCUT2D eigenvalue weighted by Crippen LogP contribution is 2.25. The molecular weight excluding hydrogens is 549 g/mol. The minimum absolute atomic E-state index is 0.0275. The van der Waals surface area contributed by atoms with Gasteiger partial charge in [0.25, 0.3) is 11.8 Å². The summed E-state index contributed by atoms with van der Waals surface area (Å²) >= 11 is 6.67. The molecule has 39 heavy (non-hydrogen) atoms. The van der Waals surface area contributed by atoms with E-state index < -0.39 is 11.8 Å². The van der Waals surface area contributed by atoms with Crippen LogP contribution in [0.15, 0.2) is 65.5 Å². The normalized spacial score (nSPS) is 12.2. The number of carbonyl (C=O) groups excluding carboxylic acids is 3. The largest absolute Gasteiger partial charge is 0.364 e. The number of anilines is 1.